The van der Waals surface area contributed by atoms with E-state index >= 15 is 0 Å². The lowest BCUT2D eigenvalue weighted by Gasteiger charge is -2.26. The van der Waals surface area contributed by atoms with E-state index in [4.69, 9.17) is 14.2 Å². The van der Waals surface area contributed by atoms with Gasteiger partial charge in [-0.1, -0.05) is 149 Å². The van der Waals surface area contributed by atoms with Crippen molar-refractivity contribution in [3.05, 3.63) is 0 Å². The number of hydrogen-bond donors (Lipinski definition) is 1. The molecule has 0 fully saturated rings. The summed E-state index contributed by atoms with van der Waals surface area (Å²) in [7, 11) is 0. The van der Waals surface area contributed by atoms with E-state index < -0.39 is 0 Å². The van der Waals surface area contributed by atoms with Crippen LogP contribution in [0.3, 0.4) is 0 Å². The normalized spacial score (nSPS) is 12.8. The Morgan fingerprint density at radius 2 is 1.10 bits per heavy atom. The Hall–Kier alpha value is -1.18. The lowest BCUT2D eigenvalue weighted by Crippen LogP contribution is -2.39. The van der Waals surface area contributed by atoms with Gasteiger partial charge >= 0.3 is 11.9 Å². The highest BCUT2D eigenvalue weighted by Gasteiger charge is 2.18. The molecule has 2 atom stereocenters. The molecule has 0 amide bonds. The van der Waals surface area contributed by atoms with Gasteiger partial charge in [-0.05, 0) is 44.6 Å². The van der Waals surface area contributed by atoms with Crippen molar-refractivity contribution in [2.75, 3.05) is 46.1 Å². The highest BCUT2D eigenvalue weighted by atomic mass is 16.6. The van der Waals surface area contributed by atoms with Crippen LogP contribution in [-0.2, 0) is 23.8 Å². The molecule has 0 aliphatic rings. The number of aliphatic hydroxyl groups is 1. The Labute approximate surface area is 298 Å². The van der Waals surface area contributed by atoms with Crippen molar-refractivity contribution >= 4 is 11.9 Å². The molecule has 0 saturated heterocycles. The SMILES string of the molecule is CCCCCCCCCCCCOCC(CN(CCO)CCCCCC(=O)OCC(CCCCCC)CCCCCCCC)OC(C)=O. The van der Waals surface area contributed by atoms with Gasteiger partial charge in [0.1, 0.15) is 6.10 Å². The summed E-state index contributed by atoms with van der Waals surface area (Å²) in [6.45, 7) is 11.7. The van der Waals surface area contributed by atoms with E-state index in [1.165, 1.54) is 142 Å². The fraction of sp³-hybridized carbons (Fsp3) is 0.951. The fourth-order valence-electron chi connectivity index (χ4n) is 6.44. The molecule has 7 nitrogen and oxygen atoms in total. The molecule has 7 heteroatoms. The number of ether oxygens (including phenoxy) is 3. The van der Waals surface area contributed by atoms with Gasteiger partial charge in [0.25, 0.3) is 0 Å². The van der Waals surface area contributed by atoms with Gasteiger partial charge in [0.05, 0.1) is 19.8 Å². The first-order chi connectivity index (χ1) is 23.5. The molecule has 48 heavy (non-hydrogen) atoms. The van der Waals surface area contributed by atoms with E-state index in [1.54, 1.807) is 0 Å². The molecule has 2 unspecified atom stereocenters. The Morgan fingerprint density at radius 1 is 0.604 bits per heavy atom. The number of carbonyl (C=O) groups excluding carboxylic acids is 2. The topological polar surface area (TPSA) is 85.3 Å². The summed E-state index contributed by atoms with van der Waals surface area (Å²) in [6, 6.07) is 0. The van der Waals surface area contributed by atoms with Crippen LogP contribution in [0.5, 0.6) is 0 Å². The zero-order valence-electron chi connectivity index (χ0n) is 32.4. The third-order valence-corrected chi connectivity index (χ3v) is 9.42. The molecule has 286 valence electrons. The van der Waals surface area contributed by atoms with Crippen LogP contribution in [-0.4, -0.2) is 74.1 Å². The second-order valence-electron chi connectivity index (χ2n) is 14.3. The molecule has 0 aliphatic carbocycles. The van der Waals surface area contributed by atoms with Crippen LogP contribution in [0.4, 0.5) is 0 Å². The molecule has 0 saturated carbocycles. The third kappa shape index (κ3) is 33.3. The molecule has 0 aromatic heterocycles. The second-order valence-corrected chi connectivity index (χ2v) is 14.3. The van der Waals surface area contributed by atoms with Gasteiger partial charge in [-0.2, -0.15) is 0 Å². The van der Waals surface area contributed by atoms with Crippen LogP contribution in [0.2, 0.25) is 0 Å². The molecule has 0 aromatic rings. The van der Waals surface area contributed by atoms with Gasteiger partial charge < -0.3 is 19.3 Å². The monoisotopic (exact) mass is 684 g/mol. The van der Waals surface area contributed by atoms with Crippen molar-refractivity contribution in [3.63, 3.8) is 0 Å². The summed E-state index contributed by atoms with van der Waals surface area (Å²) >= 11 is 0. The molecule has 0 aliphatic heterocycles. The summed E-state index contributed by atoms with van der Waals surface area (Å²) in [5, 5.41) is 9.64. The standard InChI is InChI=1S/C41H81NO6/c1-5-8-11-14-16-17-18-19-21-27-34-46-37-40(48-38(4)44)35-42(32-33-43)31-26-22-25-30-41(45)47-36-39(28-23-13-10-7-3)29-24-20-15-12-9-6-2/h39-40,43H,5-37H2,1-4H3. The van der Waals surface area contributed by atoms with Crippen molar-refractivity contribution in [3.8, 4) is 0 Å². The number of nitrogens with zero attached hydrogens (tertiary/aromatic N) is 1. The number of rotatable bonds is 38. The summed E-state index contributed by atoms with van der Waals surface area (Å²) in [6.07, 6.45) is 30.8. The first-order valence-corrected chi connectivity index (χ1v) is 20.7. The van der Waals surface area contributed by atoms with Crippen molar-refractivity contribution in [2.24, 2.45) is 5.92 Å². The average molecular weight is 684 g/mol. The zero-order valence-corrected chi connectivity index (χ0v) is 32.4. The minimum atomic E-state index is -0.349. The van der Waals surface area contributed by atoms with Gasteiger partial charge in [0.15, 0.2) is 0 Å². The first-order valence-electron chi connectivity index (χ1n) is 20.7. The lowest BCUT2D eigenvalue weighted by atomic mass is 9.95. The minimum absolute atomic E-state index is 0.0525. The highest BCUT2D eigenvalue weighted by molar-refractivity contribution is 5.69. The van der Waals surface area contributed by atoms with Gasteiger partial charge in [0, 0.05) is 33.0 Å². The van der Waals surface area contributed by atoms with Crippen molar-refractivity contribution < 1.29 is 28.9 Å². The Morgan fingerprint density at radius 3 is 1.65 bits per heavy atom. The number of aliphatic hydroxyl groups excluding tert-OH is 1. The molecular weight excluding hydrogens is 602 g/mol. The number of hydrogen-bond acceptors (Lipinski definition) is 7. The van der Waals surface area contributed by atoms with E-state index in [9.17, 15) is 14.7 Å². The first kappa shape index (κ1) is 46.8. The lowest BCUT2D eigenvalue weighted by molar-refractivity contribution is -0.150. The van der Waals surface area contributed by atoms with Crippen molar-refractivity contribution in [2.45, 2.75) is 201 Å². The van der Waals surface area contributed by atoms with E-state index in [2.05, 4.69) is 25.7 Å². The average Bonchev–Trinajstić information content (AvgIpc) is 3.06. The molecule has 0 radical (unpaired) electrons. The molecule has 1 N–H and O–H groups in total. The Bertz CT molecular complexity index is 690. The predicted molar refractivity (Wildman–Crippen MR) is 201 cm³/mol. The molecule has 0 spiro atoms. The Balaban J connectivity index is 4.31. The number of esters is 2. The van der Waals surface area contributed by atoms with Crippen LogP contribution in [0.15, 0.2) is 0 Å². The molecule has 0 heterocycles. The van der Waals surface area contributed by atoms with E-state index in [-0.39, 0.29) is 24.6 Å². The van der Waals surface area contributed by atoms with Crippen LogP contribution >= 0.6 is 0 Å². The molecule has 0 aromatic carbocycles. The predicted octanol–water partition coefficient (Wildman–Crippen LogP) is 10.6. The maximum Gasteiger partial charge on any atom is 0.305 e. The molecule has 0 bridgehead atoms. The smallest absolute Gasteiger partial charge is 0.305 e. The van der Waals surface area contributed by atoms with Crippen LogP contribution in [0, 0.1) is 5.92 Å². The van der Waals surface area contributed by atoms with Crippen LogP contribution < -0.4 is 0 Å². The maximum atomic E-state index is 12.5. The number of unbranched alkanes of at least 4 members (excludes halogenated alkanes) is 19. The maximum absolute atomic E-state index is 12.5. The molecule has 0 rings (SSSR count). The largest absolute Gasteiger partial charge is 0.465 e. The Kier molecular flexibility index (Phi) is 36.2. The number of carbonyl (C=O) groups is 2. The van der Waals surface area contributed by atoms with Gasteiger partial charge in [-0.3, -0.25) is 14.5 Å². The van der Waals surface area contributed by atoms with Gasteiger partial charge in [0.2, 0.25) is 0 Å². The third-order valence-electron chi connectivity index (χ3n) is 9.42. The van der Waals surface area contributed by atoms with E-state index in [1.807, 2.05) is 0 Å². The minimum Gasteiger partial charge on any atom is -0.465 e. The summed E-state index contributed by atoms with van der Waals surface area (Å²) in [5.74, 6) is 0.117. The summed E-state index contributed by atoms with van der Waals surface area (Å²) < 4.78 is 17.2. The summed E-state index contributed by atoms with van der Waals surface area (Å²) in [4.78, 5) is 26.4. The molecular formula is C41H81NO6. The zero-order chi connectivity index (χ0) is 35.3. The quantitative estimate of drug-likeness (QED) is 0.0512. The van der Waals surface area contributed by atoms with E-state index in [0.717, 1.165) is 32.2 Å². The van der Waals surface area contributed by atoms with Crippen LogP contribution in [0.25, 0.3) is 0 Å². The van der Waals surface area contributed by atoms with E-state index in [0.29, 0.717) is 45.2 Å². The van der Waals surface area contributed by atoms with Crippen molar-refractivity contribution in [1.82, 2.24) is 4.90 Å². The van der Waals surface area contributed by atoms with Gasteiger partial charge in [-0.25, -0.2) is 0 Å². The van der Waals surface area contributed by atoms with Gasteiger partial charge in [-0.15, -0.1) is 0 Å². The van der Waals surface area contributed by atoms with Crippen molar-refractivity contribution in [1.29, 1.82) is 0 Å². The van der Waals surface area contributed by atoms with Crippen LogP contribution in [0.1, 0.15) is 195 Å². The highest BCUT2D eigenvalue weighted by Crippen LogP contribution is 2.20. The fourth-order valence-corrected chi connectivity index (χ4v) is 6.44. The summed E-state index contributed by atoms with van der Waals surface area (Å²) in [5.41, 5.74) is 0. The second kappa shape index (κ2) is 37.1.